The van der Waals surface area contributed by atoms with Gasteiger partial charge < -0.3 is 14.7 Å². The van der Waals surface area contributed by atoms with Crippen molar-refractivity contribution in [3.63, 3.8) is 0 Å². The van der Waals surface area contributed by atoms with Crippen molar-refractivity contribution in [2.75, 3.05) is 45.8 Å². The molecule has 3 nitrogen and oxygen atoms in total. The number of hydrogen-bond acceptors (Lipinski definition) is 0. The monoisotopic (exact) mass is 296 g/mol. The van der Waals surface area contributed by atoms with Crippen molar-refractivity contribution in [2.45, 2.75) is 64.5 Å². The highest BCUT2D eigenvalue weighted by Gasteiger charge is 2.36. The Bertz CT molecular complexity index is 304. The van der Waals surface area contributed by atoms with Gasteiger partial charge in [-0.2, -0.15) is 0 Å². The van der Waals surface area contributed by atoms with Crippen LogP contribution in [0.2, 0.25) is 0 Å². The zero-order valence-electron chi connectivity index (χ0n) is 14.4. The first-order chi connectivity index (χ1) is 10.3. The van der Waals surface area contributed by atoms with E-state index in [1.54, 1.807) is 0 Å². The first kappa shape index (κ1) is 15.8. The van der Waals surface area contributed by atoms with E-state index < -0.39 is 0 Å². The molecule has 3 rings (SSSR count). The molecule has 0 unspecified atom stereocenters. The second-order valence-corrected chi connectivity index (χ2v) is 8.16. The Balaban J connectivity index is 1.43. The van der Waals surface area contributed by atoms with Crippen LogP contribution in [-0.2, 0) is 0 Å². The van der Waals surface area contributed by atoms with E-state index in [0.717, 1.165) is 18.0 Å². The van der Waals surface area contributed by atoms with Gasteiger partial charge in [-0.15, -0.1) is 0 Å². The average molecular weight is 297 g/mol. The Morgan fingerprint density at radius 1 is 0.762 bits per heavy atom. The molecule has 2 saturated heterocycles. The second-order valence-electron chi connectivity index (χ2n) is 8.16. The number of nitrogens with one attached hydrogen (secondary N) is 3. The lowest BCUT2D eigenvalue weighted by Gasteiger charge is -2.41. The molecular formula is C18H38N3+3. The molecule has 21 heavy (non-hydrogen) atoms. The number of quaternary nitrogens is 3. The summed E-state index contributed by atoms with van der Waals surface area (Å²) in [7, 11) is 0. The smallest absolute Gasteiger partial charge is 0.127 e. The van der Waals surface area contributed by atoms with Gasteiger partial charge in [0.05, 0.1) is 31.7 Å². The highest BCUT2D eigenvalue weighted by molar-refractivity contribution is 4.71. The number of piperazine rings is 1. The van der Waals surface area contributed by atoms with E-state index in [4.69, 9.17) is 0 Å². The fourth-order valence-electron chi connectivity index (χ4n) is 5.30. The first-order valence-corrected chi connectivity index (χ1v) is 9.79. The number of likely N-dealkylation sites (N-methyl/N-ethyl adjacent to an activating group) is 1. The van der Waals surface area contributed by atoms with Gasteiger partial charge in [-0.1, -0.05) is 13.3 Å². The third-order valence-electron chi connectivity index (χ3n) is 6.82. The minimum Gasteiger partial charge on any atom is -0.332 e. The lowest BCUT2D eigenvalue weighted by atomic mass is 9.85. The molecule has 3 aliphatic rings. The van der Waals surface area contributed by atoms with Crippen LogP contribution >= 0.6 is 0 Å². The van der Waals surface area contributed by atoms with Crippen LogP contribution in [0.1, 0.15) is 52.4 Å². The number of rotatable bonds is 3. The summed E-state index contributed by atoms with van der Waals surface area (Å²) in [5.74, 6) is 0.990. The van der Waals surface area contributed by atoms with E-state index in [-0.39, 0.29) is 0 Å². The summed E-state index contributed by atoms with van der Waals surface area (Å²) in [5.41, 5.74) is 0. The predicted molar refractivity (Wildman–Crippen MR) is 87.1 cm³/mol. The molecule has 0 amide bonds. The van der Waals surface area contributed by atoms with Crippen LogP contribution in [0.15, 0.2) is 0 Å². The van der Waals surface area contributed by atoms with Crippen molar-refractivity contribution >= 4 is 0 Å². The molecule has 0 aromatic heterocycles. The van der Waals surface area contributed by atoms with E-state index in [1.807, 2.05) is 14.7 Å². The molecular weight excluding hydrogens is 258 g/mol. The van der Waals surface area contributed by atoms with Crippen LogP contribution in [0.4, 0.5) is 0 Å². The predicted octanol–water partition coefficient (Wildman–Crippen LogP) is -1.58. The van der Waals surface area contributed by atoms with E-state index in [9.17, 15) is 0 Å². The minimum absolute atomic E-state index is 0.990. The number of hydrogen-bond donors (Lipinski definition) is 3. The van der Waals surface area contributed by atoms with E-state index in [0.29, 0.717) is 0 Å². The van der Waals surface area contributed by atoms with Gasteiger partial charge in [0.1, 0.15) is 26.2 Å². The fraction of sp³-hybridized carbons (Fsp3) is 1.00. The van der Waals surface area contributed by atoms with Crippen LogP contribution in [0, 0.1) is 5.92 Å². The molecule has 3 N–H and O–H groups in total. The molecule has 0 aromatic carbocycles. The van der Waals surface area contributed by atoms with E-state index in [1.165, 1.54) is 84.3 Å². The number of piperidine rings is 1. The zero-order chi connectivity index (χ0) is 14.7. The topological polar surface area (TPSA) is 13.3 Å². The molecule has 0 radical (unpaired) electrons. The van der Waals surface area contributed by atoms with Gasteiger partial charge in [0.2, 0.25) is 0 Å². The van der Waals surface area contributed by atoms with Gasteiger partial charge in [0, 0.05) is 19.3 Å². The molecule has 0 bridgehead atoms. The largest absolute Gasteiger partial charge is 0.332 e. The Kier molecular flexibility index (Phi) is 5.58. The van der Waals surface area contributed by atoms with E-state index >= 15 is 0 Å². The third kappa shape index (κ3) is 4.00. The van der Waals surface area contributed by atoms with Crippen LogP contribution < -0.4 is 14.7 Å². The summed E-state index contributed by atoms with van der Waals surface area (Å²) < 4.78 is 0. The van der Waals surface area contributed by atoms with Gasteiger partial charge >= 0.3 is 0 Å². The van der Waals surface area contributed by atoms with Crippen molar-refractivity contribution in [2.24, 2.45) is 5.92 Å². The molecule has 2 heterocycles. The molecule has 2 aliphatic heterocycles. The van der Waals surface area contributed by atoms with Gasteiger partial charge in [-0.25, -0.2) is 0 Å². The van der Waals surface area contributed by atoms with Gasteiger partial charge in [0.15, 0.2) is 0 Å². The van der Waals surface area contributed by atoms with Crippen molar-refractivity contribution < 1.29 is 14.7 Å². The maximum absolute atomic E-state index is 2.47. The summed E-state index contributed by atoms with van der Waals surface area (Å²) in [4.78, 5) is 5.75. The molecule has 1 saturated carbocycles. The molecule has 122 valence electrons. The average Bonchev–Trinajstić information content (AvgIpc) is 2.55. The molecule has 0 spiro atoms. The molecule has 2 atom stereocenters. The van der Waals surface area contributed by atoms with Gasteiger partial charge in [0.25, 0.3) is 0 Å². The molecule has 1 aliphatic carbocycles. The van der Waals surface area contributed by atoms with Crippen LogP contribution in [0.3, 0.4) is 0 Å². The highest BCUT2D eigenvalue weighted by atomic mass is 15.3. The maximum Gasteiger partial charge on any atom is 0.127 e. The summed E-state index contributed by atoms with van der Waals surface area (Å²) >= 11 is 0. The third-order valence-corrected chi connectivity index (χ3v) is 6.82. The second kappa shape index (κ2) is 7.43. The summed E-state index contributed by atoms with van der Waals surface area (Å²) in [5, 5.41) is 0. The van der Waals surface area contributed by atoms with Crippen LogP contribution in [0.5, 0.6) is 0 Å². The van der Waals surface area contributed by atoms with Crippen molar-refractivity contribution in [3.8, 4) is 0 Å². The van der Waals surface area contributed by atoms with Crippen molar-refractivity contribution in [3.05, 3.63) is 0 Å². The normalized spacial score (nSPS) is 45.4. The molecule has 0 aromatic rings. The lowest BCUT2D eigenvalue weighted by molar-refractivity contribution is -1.03. The summed E-state index contributed by atoms with van der Waals surface area (Å²) in [6, 6.07) is 2.00. The Hall–Kier alpha value is -0.120. The first-order valence-electron chi connectivity index (χ1n) is 9.79. The SMILES string of the molecule is CC[NH+]1CC[NH+](C2CC[NH+]([C@@H]3CCC[C@H](C)C3)CC2)CC1. The standard InChI is InChI=1S/C18H35N3/c1-3-19-11-13-21(14-12-19)17-7-9-20(10-8-17)18-6-4-5-16(2)15-18/h16-18H,3-15H2,1-2H3/p+3/t16-,18+/m0/s1. The Morgan fingerprint density at radius 3 is 2.05 bits per heavy atom. The molecule has 3 heteroatoms. The Morgan fingerprint density at radius 2 is 1.43 bits per heavy atom. The zero-order valence-corrected chi connectivity index (χ0v) is 14.4. The quantitative estimate of drug-likeness (QED) is 0.556. The van der Waals surface area contributed by atoms with E-state index in [2.05, 4.69) is 13.8 Å². The fourth-order valence-corrected chi connectivity index (χ4v) is 5.30. The summed E-state index contributed by atoms with van der Waals surface area (Å²) in [6.07, 6.45) is 8.99. The van der Waals surface area contributed by atoms with Gasteiger partial charge in [-0.3, -0.25) is 0 Å². The van der Waals surface area contributed by atoms with Crippen molar-refractivity contribution in [1.82, 2.24) is 0 Å². The van der Waals surface area contributed by atoms with Crippen LogP contribution in [0.25, 0.3) is 0 Å². The lowest BCUT2D eigenvalue weighted by Crippen LogP contribution is -3.30. The highest BCUT2D eigenvalue weighted by Crippen LogP contribution is 2.22. The maximum atomic E-state index is 2.47. The number of likely N-dealkylation sites (tertiary alicyclic amines) is 1. The minimum atomic E-state index is 0.990. The van der Waals surface area contributed by atoms with Crippen LogP contribution in [-0.4, -0.2) is 57.9 Å². The van der Waals surface area contributed by atoms with Crippen molar-refractivity contribution in [1.29, 1.82) is 0 Å². The summed E-state index contributed by atoms with van der Waals surface area (Å²) in [6.45, 7) is 14.8. The Labute approximate surface area is 131 Å². The molecule has 3 fully saturated rings. The van der Waals surface area contributed by atoms with Gasteiger partial charge in [-0.05, 0) is 25.7 Å².